The van der Waals surface area contributed by atoms with E-state index < -0.39 is 29.3 Å². The van der Waals surface area contributed by atoms with Crippen molar-refractivity contribution in [3.05, 3.63) is 95.8 Å². The van der Waals surface area contributed by atoms with Gasteiger partial charge in [0.15, 0.2) is 5.41 Å². The molecular weight excluding hydrogens is 471 g/mol. The lowest BCUT2D eigenvalue weighted by Crippen LogP contribution is -2.75. The third-order valence-electron chi connectivity index (χ3n) is 7.88. The van der Waals surface area contributed by atoms with Gasteiger partial charge in [-0.15, -0.1) is 0 Å². The van der Waals surface area contributed by atoms with E-state index in [1.165, 1.54) is 11.0 Å². The number of fused-ring (bicyclic) bond motifs is 4. The standard InChI is InChI=1S/C29H27FN4O3/c30-22-11-5-7-13-24(22)32-16-17-33-23-12-6-4-10-21(23)18-29(25(33)19-32)26(35)31-28(37)34(27(29)36)15-14-20-8-2-1-3-9-20/h1-13,25H,14-19H2,(H,31,35,37)/t25-,29+/m1/s1. The smallest absolute Gasteiger partial charge is 0.330 e. The monoisotopic (exact) mass is 498 g/mol. The summed E-state index contributed by atoms with van der Waals surface area (Å²) < 4.78 is 14.7. The second-order valence-corrected chi connectivity index (χ2v) is 9.84. The van der Waals surface area contributed by atoms with E-state index in [1.807, 2.05) is 59.5 Å². The molecule has 37 heavy (non-hydrogen) atoms. The molecular formula is C29H27FN4O3. The van der Waals surface area contributed by atoms with E-state index in [9.17, 15) is 18.8 Å². The van der Waals surface area contributed by atoms with Crippen LogP contribution in [-0.4, -0.2) is 55.0 Å². The number of piperazine rings is 1. The van der Waals surface area contributed by atoms with Crippen LogP contribution in [-0.2, 0) is 22.4 Å². The van der Waals surface area contributed by atoms with Crippen LogP contribution in [0.15, 0.2) is 78.9 Å². The largest absolute Gasteiger partial charge is 0.365 e. The van der Waals surface area contributed by atoms with Gasteiger partial charge in [0.25, 0.3) is 0 Å². The molecule has 6 rings (SSSR count). The Morgan fingerprint density at radius 1 is 0.865 bits per heavy atom. The minimum absolute atomic E-state index is 0.162. The number of nitrogens with zero attached hydrogens (tertiary/aromatic N) is 3. The Hall–Kier alpha value is -4.20. The summed E-state index contributed by atoms with van der Waals surface area (Å²) in [4.78, 5) is 46.0. The number of hydrogen-bond donors (Lipinski definition) is 1. The van der Waals surface area contributed by atoms with Gasteiger partial charge in [-0.1, -0.05) is 60.7 Å². The Labute approximate surface area is 214 Å². The van der Waals surface area contributed by atoms with Gasteiger partial charge in [-0.2, -0.15) is 0 Å². The van der Waals surface area contributed by atoms with Crippen molar-refractivity contribution < 1.29 is 18.8 Å². The molecule has 1 spiro atoms. The molecule has 3 heterocycles. The Balaban J connectivity index is 1.40. The maximum Gasteiger partial charge on any atom is 0.330 e. The van der Waals surface area contributed by atoms with Gasteiger partial charge >= 0.3 is 6.03 Å². The van der Waals surface area contributed by atoms with Gasteiger partial charge < -0.3 is 9.80 Å². The second-order valence-electron chi connectivity index (χ2n) is 9.84. The minimum atomic E-state index is -1.51. The lowest BCUT2D eigenvalue weighted by molar-refractivity contribution is -0.153. The normalized spacial score (nSPS) is 23.1. The summed E-state index contributed by atoms with van der Waals surface area (Å²) in [5, 5.41) is 2.49. The number of hydrogen-bond acceptors (Lipinski definition) is 5. The van der Waals surface area contributed by atoms with Crippen molar-refractivity contribution in [3.63, 3.8) is 0 Å². The molecule has 0 unspecified atom stereocenters. The minimum Gasteiger partial charge on any atom is -0.365 e. The first-order chi connectivity index (χ1) is 18.0. The Kier molecular flexibility index (Phi) is 5.67. The van der Waals surface area contributed by atoms with Crippen molar-refractivity contribution >= 4 is 29.2 Å². The van der Waals surface area contributed by atoms with Gasteiger partial charge in [-0.3, -0.25) is 19.8 Å². The summed E-state index contributed by atoms with van der Waals surface area (Å²) in [6, 6.07) is 22.7. The van der Waals surface area contributed by atoms with Gasteiger partial charge in [-0.25, -0.2) is 9.18 Å². The topological polar surface area (TPSA) is 73.0 Å². The van der Waals surface area contributed by atoms with E-state index in [-0.39, 0.29) is 25.3 Å². The molecule has 7 nitrogen and oxygen atoms in total. The van der Waals surface area contributed by atoms with Crippen molar-refractivity contribution in [1.82, 2.24) is 10.2 Å². The summed E-state index contributed by atoms with van der Waals surface area (Å²) in [7, 11) is 0. The molecule has 1 N–H and O–H groups in total. The van der Waals surface area contributed by atoms with E-state index in [2.05, 4.69) is 10.2 Å². The molecule has 3 aliphatic rings. The fourth-order valence-corrected chi connectivity index (χ4v) is 6.02. The molecule has 2 fully saturated rings. The van der Waals surface area contributed by atoms with Crippen molar-refractivity contribution in [1.29, 1.82) is 0 Å². The van der Waals surface area contributed by atoms with E-state index in [0.29, 0.717) is 25.2 Å². The van der Waals surface area contributed by atoms with Gasteiger partial charge in [0.05, 0.1) is 11.7 Å². The Morgan fingerprint density at radius 2 is 1.57 bits per heavy atom. The number of barbiturate groups is 1. The van der Waals surface area contributed by atoms with Gasteiger partial charge in [0.1, 0.15) is 5.82 Å². The molecule has 2 saturated heterocycles. The summed E-state index contributed by atoms with van der Waals surface area (Å²) >= 11 is 0. The van der Waals surface area contributed by atoms with Crippen LogP contribution in [0.3, 0.4) is 0 Å². The molecule has 188 valence electrons. The lowest BCUT2D eigenvalue weighted by atomic mass is 9.67. The molecule has 0 radical (unpaired) electrons. The van der Waals surface area contributed by atoms with Crippen LogP contribution < -0.4 is 15.1 Å². The maximum atomic E-state index is 14.7. The zero-order chi connectivity index (χ0) is 25.6. The van der Waals surface area contributed by atoms with Crippen molar-refractivity contribution in [2.75, 3.05) is 36.0 Å². The van der Waals surface area contributed by atoms with Crippen LogP contribution >= 0.6 is 0 Å². The second kappa shape index (κ2) is 9.03. The number of carbonyl (C=O) groups is 3. The maximum absolute atomic E-state index is 14.7. The number of nitrogens with one attached hydrogen (secondary N) is 1. The molecule has 0 aromatic heterocycles. The highest BCUT2D eigenvalue weighted by atomic mass is 19.1. The summed E-state index contributed by atoms with van der Waals surface area (Å²) in [5.74, 6) is -1.42. The molecule has 2 atom stereocenters. The van der Waals surface area contributed by atoms with Crippen molar-refractivity contribution in [2.45, 2.75) is 18.9 Å². The number of carbonyl (C=O) groups excluding carboxylic acids is 3. The van der Waals surface area contributed by atoms with E-state index in [1.54, 1.807) is 18.2 Å². The van der Waals surface area contributed by atoms with E-state index in [0.717, 1.165) is 16.8 Å². The zero-order valence-electron chi connectivity index (χ0n) is 20.3. The molecule has 8 heteroatoms. The number of amides is 4. The predicted octanol–water partition coefficient (Wildman–Crippen LogP) is 3.38. The first kappa shape index (κ1) is 23.2. The third-order valence-corrected chi connectivity index (χ3v) is 7.88. The molecule has 3 aliphatic heterocycles. The van der Waals surface area contributed by atoms with Crippen molar-refractivity contribution in [2.24, 2.45) is 5.41 Å². The van der Waals surface area contributed by atoms with Crippen LogP contribution in [0.25, 0.3) is 0 Å². The zero-order valence-corrected chi connectivity index (χ0v) is 20.3. The number of urea groups is 1. The van der Waals surface area contributed by atoms with Crippen LogP contribution in [0.5, 0.6) is 0 Å². The molecule has 4 amide bonds. The van der Waals surface area contributed by atoms with Crippen LogP contribution in [0.4, 0.5) is 20.6 Å². The summed E-state index contributed by atoms with van der Waals surface area (Å²) in [6.45, 7) is 1.48. The van der Waals surface area contributed by atoms with E-state index in [4.69, 9.17) is 0 Å². The summed E-state index contributed by atoms with van der Waals surface area (Å²) in [5.41, 5.74) is 1.78. The molecule has 0 bridgehead atoms. The number of anilines is 2. The third kappa shape index (κ3) is 3.75. The average molecular weight is 499 g/mol. The Morgan fingerprint density at radius 3 is 2.35 bits per heavy atom. The van der Waals surface area contributed by atoms with E-state index >= 15 is 0 Å². The quantitative estimate of drug-likeness (QED) is 0.559. The predicted molar refractivity (Wildman–Crippen MR) is 138 cm³/mol. The SMILES string of the molecule is O=C1NC(=O)[C@@]2(Cc3ccccc3N3CCN(c4ccccc4F)C[C@@H]32)C(=O)N1CCc1ccccc1. The highest BCUT2D eigenvalue weighted by molar-refractivity contribution is 6.20. The van der Waals surface area contributed by atoms with Crippen LogP contribution in [0.2, 0.25) is 0 Å². The fraction of sp³-hybridized carbons (Fsp3) is 0.276. The average Bonchev–Trinajstić information content (AvgIpc) is 2.92. The van der Waals surface area contributed by atoms with Gasteiger partial charge in [0, 0.05) is 31.9 Å². The molecule has 0 aliphatic carbocycles. The van der Waals surface area contributed by atoms with Crippen LogP contribution in [0, 0.1) is 11.2 Å². The van der Waals surface area contributed by atoms with Gasteiger partial charge in [-0.05, 0) is 42.2 Å². The molecule has 3 aromatic rings. The summed E-state index contributed by atoms with van der Waals surface area (Å²) in [6.07, 6.45) is 0.659. The number of rotatable bonds is 4. The number of halogens is 1. The first-order valence-corrected chi connectivity index (χ1v) is 12.5. The number of benzene rings is 3. The van der Waals surface area contributed by atoms with Gasteiger partial charge in [0.2, 0.25) is 11.8 Å². The number of para-hydroxylation sites is 2. The van der Waals surface area contributed by atoms with Crippen molar-refractivity contribution in [3.8, 4) is 0 Å². The molecule has 3 aromatic carbocycles. The Bertz CT molecular complexity index is 1380. The highest BCUT2D eigenvalue weighted by Crippen LogP contribution is 2.46. The first-order valence-electron chi connectivity index (χ1n) is 12.5. The number of imide groups is 2. The highest BCUT2D eigenvalue weighted by Gasteiger charge is 2.62. The van der Waals surface area contributed by atoms with Crippen LogP contribution in [0.1, 0.15) is 11.1 Å². The molecule has 0 saturated carbocycles. The lowest BCUT2D eigenvalue weighted by Gasteiger charge is -2.55. The fourth-order valence-electron chi connectivity index (χ4n) is 6.02.